The number of carbonyl (C=O) groups is 2. The van der Waals surface area contributed by atoms with E-state index in [2.05, 4.69) is 10.3 Å². The van der Waals surface area contributed by atoms with Crippen molar-refractivity contribution in [3.8, 4) is 5.75 Å². The highest BCUT2D eigenvalue weighted by Gasteiger charge is 2.23. The van der Waals surface area contributed by atoms with Gasteiger partial charge in [-0.2, -0.15) is 0 Å². The van der Waals surface area contributed by atoms with E-state index in [-0.39, 0.29) is 6.42 Å². The van der Waals surface area contributed by atoms with E-state index in [0.29, 0.717) is 24.4 Å². The van der Waals surface area contributed by atoms with Gasteiger partial charge in [0.2, 0.25) is 0 Å². The number of nitrogens with two attached hydrogens (primary N) is 1. The molecule has 24 heavy (non-hydrogen) atoms. The summed E-state index contributed by atoms with van der Waals surface area (Å²) in [6, 6.07) is 0.656. The van der Waals surface area contributed by atoms with Gasteiger partial charge in [0.15, 0.2) is 0 Å². The van der Waals surface area contributed by atoms with Crippen molar-refractivity contribution in [2.75, 3.05) is 12.8 Å². The third kappa shape index (κ3) is 6.31. The number of hydrogen-bond donors (Lipinski definition) is 3. The third-order valence-electron chi connectivity index (χ3n) is 3.17. The highest BCUT2D eigenvalue weighted by molar-refractivity contribution is 5.79. The highest BCUT2D eigenvalue weighted by Crippen LogP contribution is 2.24. The molecule has 8 heteroatoms. The second-order valence-electron chi connectivity index (χ2n) is 6.31. The molecule has 0 fully saturated rings. The van der Waals surface area contributed by atoms with Crippen molar-refractivity contribution in [1.82, 2.24) is 10.3 Å². The van der Waals surface area contributed by atoms with Gasteiger partial charge in [0.1, 0.15) is 23.2 Å². The number of amides is 1. The molecule has 0 saturated carbocycles. The second kappa shape index (κ2) is 8.37. The average Bonchev–Trinajstić information content (AvgIpc) is 2.45. The van der Waals surface area contributed by atoms with Crippen molar-refractivity contribution in [2.24, 2.45) is 0 Å². The van der Waals surface area contributed by atoms with E-state index in [0.717, 1.165) is 5.56 Å². The van der Waals surface area contributed by atoms with Gasteiger partial charge in [-0.1, -0.05) is 0 Å². The Morgan fingerprint density at radius 1 is 1.42 bits per heavy atom. The molecule has 8 nitrogen and oxygen atoms in total. The summed E-state index contributed by atoms with van der Waals surface area (Å²) in [5.41, 5.74) is 5.86. The number of carbonyl (C=O) groups excluding carboxylic acids is 1. The van der Waals surface area contributed by atoms with Crippen molar-refractivity contribution < 1.29 is 24.2 Å². The summed E-state index contributed by atoms with van der Waals surface area (Å²) in [5.74, 6) is -0.164. The molecule has 1 amide bonds. The van der Waals surface area contributed by atoms with Crippen LogP contribution < -0.4 is 15.8 Å². The standard InChI is InChI=1S/C16H25N3O5/c1-16(2,3)24-15(22)19-11(14(20)21)7-5-6-10-12(23-4)8-9-18-13(10)17/h8-9,11H,5-7H2,1-4H3,(H2,17,18)(H,19,22)(H,20,21). The van der Waals surface area contributed by atoms with Gasteiger partial charge in [0.05, 0.1) is 7.11 Å². The van der Waals surface area contributed by atoms with Crippen molar-refractivity contribution in [3.05, 3.63) is 17.8 Å². The maximum atomic E-state index is 11.7. The smallest absolute Gasteiger partial charge is 0.408 e. The van der Waals surface area contributed by atoms with Crippen LogP contribution in [0.25, 0.3) is 0 Å². The first-order chi connectivity index (χ1) is 11.1. The van der Waals surface area contributed by atoms with Gasteiger partial charge in [-0.05, 0) is 46.1 Å². The number of nitrogens with zero attached hydrogens (tertiary/aromatic N) is 1. The Morgan fingerprint density at radius 2 is 2.08 bits per heavy atom. The number of aliphatic carboxylic acids is 1. The van der Waals surface area contributed by atoms with E-state index in [4.69, 9.17) is 15.2 Å². The Morgan fingerprint density at radius 3 is 2.62 bits per heavy atom. The topological polar surface area (TPSA) is 124 Å². The van der Waals surface area contributed by atoms with Crippen molar-refractivity contribution in [1.29, 1.82) is 0 Å². The van der Waals surface area contributed by atoms with Gasteiger partial charge in [0, 0.05) is 11.8 Å². The highest BCUT2D eigenvalue weighted by atomic mass is 16.6. The molecule has 0 spiro atoms. The lowest BCUT2D eigenvalue weighted by Gasteiger charge is -2.22. The van der Waals surface area contributed by atoms with Crippen LogP contribution in [0.2, 0.25) is 0 Å². The van der Waals surface area contributed by atoms with E-state index in [1.165, 1.54) is 7.11 Å². The van der Waals surface area contributed by atoms with E-state index >= 15 is 0 Å². The van der Waals surface area contributed by atoms with Crippen LogP contribution >= 0.6 is 0 Å². The maximum Gasteiger partial charge on any atom is 0.408 e. The normalized spacial score (nSPS) is 12.3. The summed E-state index contributed by atoms with van der Waals surface area (Å²) < 4.78 is 10.3. The van der Waals surface area contributed by atoms with Gasteiger partial charge < -0.3 is 25.6 Å². The molecule has 0 aliphatic carbocycles. The fourth-order valence-electron chi connectivity index (χ4n) is 2.12. The molecule has 0 saturated heterocycles. The quantitative estimate of drug-likeness (QED) is 0.693. The largest absolute Gasteiger partial charge is 0.496 e. The van der Waals surface area contributed by atoms with E-state index < -0.39 is 23.7 Å². The molecule has 1 unspecified atom stereocenters. The van der Waals surface area contributed by atoms with E-state index in [1.807, 2.05) is 0 Å². The number of anilines is 1. The van der Waals surface area contributed by atoms with Crippen LogP contribution in [0.5, 0.6) is 5.75 Å². The number of alkyl carbamates (subject to hydrolysis) is 1. The van der Waals surface area contributed by atoms with Crippen LogP contribution in [0.1, 0.15) is 39.2 Å². The molecule has 0 bridgehead atoms. The fourth-order valence-corrected chi connectivity index (χ4v) is 2.12. The van der Waals surface area contributed by atoms with Crippen LogP contribution in [0.4, 0.5) is 10.6 Å². The first kappa shape index (κ1) is 19.5. The minimum atomic E-state index is -1.12. The number of aromatic nitrogens is 1. The van der Waals surface area contributed by atoms with Crippen LogP contribution in [-0.2, 0) is 16.0 Å². The van der Waals surface area contributed by atoms with Crippen LogP contribution in [0, 0.1) is 0 Å². The Balaban J connectivity index is 2.62. The summed E-state index contributed by atoms with van der Waals surface area (Å²) >= 11 is 0. The molecule has 1 atom stereocenters. The van der Waals surface area contributed by atoms with Gasteiger partial charge in [-0.15, -0.1) is 0 Å². The van der Waals surface area contributed by atoms with Crippen LogP contribution in [0.15, 0.2) is 12.3 Å². The monoisotopic (exact) mass is 339 g/mol. The molecule has 1 aromatic rings. The Bertz CT molecular complexity index is 584. The minimum absolute atomic E-state index is 0.228. The van der Waals surface area contributed by atoms with Crippen molar-refractivity contribution in [2.45, 2.75) is 51.7 Å². The van der Waals surface area contributed by atoms with Crippen molar-refractivity contribution in [3.63, 3.8) is 0 Å². The van der Waals surface area contributed by atoms with Gasteiger partial charge in [-0.3, -0.25) is 0 Å². The number of pyridine rings is 1. The van der Waals surface area contributed by atoms with E-state index in [1.54, 1.807) is 33.0 Å². The first-order valence-corrected chi connectivity index (χ1v) is 7.63. The minimum Gasteiger partial charge on any atom is -0.496 e. The number of nitrogen functional groups attached to an aromatic ring is 1. The SMILES string of the molecule is COc1ccnc(N)c1CCCC(NC(=O)OC(C)(C)C)C(=O)O. The average molecular weight is 339 g/mol. The Labute approximate surface area is 141 Å². The number of methoxy groups -OCH3 is 1. The second-order valence-corrected chi connectivity index (χ2v) is 6.31. The predicted octanol–water partition coefficient (Wildman–Crippen LogP) is 1.97. The fraction of sp³-hybridized carbons (Fsp3) is 0.562. The lowest BCUT2D eigenvalue weighted by Crippen LogP contribution is -2.43. The van der Waals surface area contributed by atoms with Gasteiger partial charge in [-0.25, -0.2) is 14.6 Å². The van der Waals surface area contributed by atoms with Crippen LogP contribution in [-0.4, -0.2) is 40.9 Å². The molecule has 1 heterocycles. The zero-order valence-corrected chi connectivity index (χ0v) is 14.5. The summed E-state index contributed by atoms with van der Waals surface area (Å²) in [4.78, 5) is 27.0. The molecule has 1 rings (SSSR count). The maximum absolute atomic E-state index is 11.7. The molecule has 4 N–H and O–H groups in total. The first-order valence-electron chi connectivity index (χ1n) is 7.63. The Hall–Kier alpha value is -2.51. The zero-order valence-electron chi connectivity index (χ0n) is 14.5. The molecule has 0 aliphatic heterocycles. The number of hydrogen-bond acceptors (Lipinski definition) is 6. The van der Waals surface area contributed by atoms with Gasteiger partial charge >= 0.3 is 12.1 Å². The molecule has 134 valence electrons. The third-order valence-corrected chi connectivity index (χ3v) is 3.17. The summed E-state index contributed by atoms with van der Waals surface area (Å²) in [7, 11) is 1.53. The number of carboxylic acids is 1. The number of rotatable bonds is 7. The molecule has 0 aliphatic rings. The molecule has 0 radical (unpaired) electrons. The predicted molar refractivity (Wildman–Crippen MR) is 88.9 cm³/mol. The molecule has 1 aromatic heterocycles. The molecular formula is C16H25N3O5. The Kier molecular flexibility index (Phi) is 6.82. The summed E-state index contributed by atoms with van der Waals surface area (Å²) in [5, 5.41) is 11.6. The van der Waals surface area contributed by atoms with Gasteiger partial charge in [0.25, 0.3) is 0 Å². The molecule has 0 aromatic carbocycles. The zero-order chi connectivity index (χ0) is 18.3. The van der Waals surface area contributed by atoms with Crippen LogP contribution in [0.3, 0.4) is 0 Å². The lowest BCUT2D eigenvalue weighted by molar-refractivity contribution is -0.139. The number of nitrogens with one attached hydrogen (secondary N) is 1. The van der Waals surface area contributed by atoms with Crippen molar-refractivity contribution >= 4 is 17.9 Å². The molecular weight excluding hydrogens is 314 g/mol. The van der Waals surface area contributed by atoms with E-state index in [9.17, 15) is 14.7 Å². The summed E-state index contributed by atoms with van der Waals surface area (Å²) in [6.45, 7) is 5.12. The summed E-state index contributed by atoms with van der Waals surface area (Å²) in [6.07, 6.45) is 1.99. The number of ether oxygens (including phenoxy) is 2. The lowest BCUT2D eigenvalue weighted by atomic mass is 10.0. The number of carboxylic acid groups (broad SMARTS) is 1.